The van der Waals surface area contributed by atoms with Crippen LogP contribution < -0.4 is 0 Å². The molecule has 0 saturated heterocycles. The maximum atomic E-state index is 10.4. The number of imidazole rings is 1. The molecule has 0 spiro atoms. The summed E-state index contributed by atoms with van der Waals surface area (Å²) in [6, 6.07) is 0. The van der Waals surface area contributed by atoms with Crippen LogP contribution in [-0.2, 0) is 13.0 Å². The van der Waals surface area contributed by atoms with Gasteiger partial charge in [-0.2, -0.15) is 0 Å². The van der Waals surface area contributed by atoms with E-state index in [1.165, 1.54) is 0 Å². The molecule has 0 amide bonds. The molecule has 0 aliphatic carbocycles. The van der Waals surface area contributed by atoms with E-state index < -0.39 is 5.97 Å². The summed E-state index contributed by atoms with van der Waals surface area (Å²) in [4.78, 5) is 14.4. The molecule has 0 aromatic carbocycles. The van der Waals surface area contributed by atoms with Crippen LogP contribution in [0, 0.1) is 0 Å². The summed E-state index contributed by atoms with van der Waals surface area (Å²) in [5.41, 5.74) is 0.166. The van der Waals surface area contributed by atoms with E-state index in [0.29, 0.717) is 0 Å². The van der Waals surface area contributed by atoms with Crippen LogP contribution in [-0.4, -0.2) is 39.5 Å². The Morgan fingerprint density at radius 1 is 1.67 bits per heavy atom. The van der Waals surface area contributed by atoms with Crippen LogP contribution in [0.2, 0.25) is 0 Å². The molecule has 1 aliphatic rings. The zero-order chi connectivity index (χ0) is 7.84. The summed E-state index contributed by atoms with van der Waals surface area (Å²) in [7, 11) is 0. The number of carboxylic acids is 1. The van der Waals surface area contributed by atoms with Crippen LogP contribution in [0.4, 0.5) is 0 Å². The fourth-order valence-electron chi connectivity index (χ4n) is 1.36. The molecular weight excluding hydrogens is 151 g/mol. The molecule has 0 unspecified atom stereocenters. The standard InChI is InChI=1S/C7H8N2O2.Li.H/c10-7(11)5-4-9-3-1-2-6(9)8-5;;/h4H,1-3H2,(H,10,11);;. The van der Waals surface area contributed by atoms with Gasteiger partial charge in [0.1, 0.15) is 5.82 Å². The Bertz CT molecular complexity index is 287. The number of nitrogens with zero attached hydrogens (tertiary/aromatic N) is 2. The molecule has 60 valence electrons. The average Bonchev–Trinajstić information content (AvgIpc) is 2.40. The predicted molar refractivity (Wildman–Crippen MR) is 44.7 cm³/mol. The third-order valence-corrected chi connectivity index (χ3v) is 1.88. The molecule has 2 rings (SSSR count). The number of hydrogen-bond donors (Lipinski definition) is 1. The van der Waals surface area contributed by atoms with Gasteiger partial charge in [0.15, 0.2) is 5.69 Å². The first-order chi connectivity index (χ1) is 5.27. The molecule has 1 aromatic heterocycles. The molecule has 5 heteroatoms. The maximum absolute atomic E-state index is 10.4. The van der Waals surface area contributed by atoms with Crippen molar-refractivity contribution in [1.82, 2.24) is 9.55 Å². The third-order valence-electron chi connectivity index (χ3n) is 1.88. The molecule has 0 atom stereocenters. The van der Waals surface area contributed by atoms with Crippen LogP contribution in [0.5, 0.6) is 0 Å². The Morgan fingerprint density at radius 2 is 2.42 bits per heavy atom. The van der Waals surface area contributed by atoms with Gasteiger partial charge < -0.3 is 9.67 Å². The molecular formula is C7H9LiN2O2. The summed E-state index contributed by atoms with van der Waals surface area (Å²) in [5, 5.41) is 8.57. The van der Waals surface area contributed by atoms with Gasteiger partial charge in [0.2, 0.25) is 0 Å². The van der Waals surface area contributed by atoms with Gasteiger partial charge in [0.25, 0.3) is 0 Å². The van der Waals surface area contributed by atoms with Gasteiger partial charge >= 0.3 is 24.8 Å². The summed E-state index contributed by atoms with van der Waals surface area (Å²) in [6.45, 7) is 0.912. The van der Waals surface area contributed by atoms with Crippen molar-refractivity contribution in [3.63, 3.8) is 0 Å². The molecule has 2 heterocycles. The van der Waals surface area contributed by atoms with E-state index in [9.17, 15) is 4.79 Å². The molecule has 0 bridgehead atoms. The second kappa shape index (κ2) is 3.34. The number of aryl methyl sites for hydroxylation is 2. The summed E-state index contributed by atoms with van der Waals surface area (Å²) in [6.07, 6.45) is 3.60. The minimum absolute atomic E-state index is 0. The van der Waals surface area contributed by atoms with Gasteiger partial charge in [0.05, 0.1) is 0 Å². The summed E-state index contributed by atoms with van der Waals surface area (Å²) >= 11 is 0. The van der Waals surface area contributed by atoms with Crippen molar-refractivity contribution >= 4 is 24.8 Å². The van der Waals surface area contributed by atoms with Gasteiger partial charge in [0, 0.05) is 19.2 Å². The Balaban J connectivity index is 0.000000720. The van der Waals surface area contributed by atoms with Crippen molar-refractivity contribution in [2.45, 2.75) is 19.4 Å². The molecule has 1 aliphatic heterocycles. The van der Waals surface area contributed by atoms with Crippen molar-refractivity contribution in [3.05, 3.63) is 17.7 Å². The van der Waals surface area contributed by atoms with E-state index in [1.807, 2.05) is 4.57 Å². The molecule has 1 aromatic rings. The van der Waals surface area contributed by atoms with Crippen LogP contribution >= 0.6 is 0 Å². The van der Waals surface area contributed by atoms with E-state index in [2.05, 4.69) is 4.98 Å². The van der Waals surface area contributed by atoms with E-state index in [0.717, 1.165) is 25.2 Å². The van der Waals surface area contributed by atoms with E-state index >= 15 is 0 Å². The summed E-state index contributed by atoms with van der Waals surface area (Å²) < 4.78 is 1.91. The van der Waals surface area contributed by atoms with E-state index in [4.69, 9.17) is 5.11 Å². The van der Waals surface area contributed by atoms with Gasteiger partial charge in [-0.25, -0.2) is 9.78 Å². The quantitative estimate of drug-likeness (QED) is 0.582. The SMILES string of the molecule is O=C(O)c1cn2c(n1)CCC2.[LiH]. The van der Waals surface area contributed by atoms with Gasteiger partial charge in [-0.15, -0.1) is 0 Å². The van der Waals surface area contributed by atoms with E-state index in [-0.39, 0.29) is 24.6 Å². The Kier molecular flexibility index (Phi) is 2.61. The number of aromatic nitrogens is 2. The monoisotopic (exact) mass is 160 g/mol. The number of aromatic carboxylic acids is 1. The minimum atomic E-state index is -0.938. The first-order valence-electron chi connectivity index (χ1n) is 3.57. The molecule has 0 radical (unpaired) electrons. The topological polar surface area (TPSA) is 55.1 Å². The molecule has 0 saturated carbocycles. The zero-order valence-corrected chi connectivity index (χ0v) is 5.95. The number of fused-ring (bicyclic) bond motifs is 1. The third kappa shape index (κ3) is 1.40. The van der Waals surface area contributed by atoms with Crippen LogP contribution in [0.15, 0.2) is 6.20 Å². The van der Waals surface area contributed by atoms with Crippen molar-refractivity contribution in [3.8, 4) is 0 Å². The van der Waals surface area contributed by atoms with Gasteiger partial charge in [-0.3, -0.25) is 0 Å². The van der Waals surface area contributed by atoms with Crippen LogP contribution in [0.3, 0.4) is 0 Å². The van der Waals surface area contributed by atoms with Crippen molar-refractivity contribution < 1.29 is 9.90 Å². The Labute approximate surface area is 81.8 Å². The normalized spacial score (nSPS) is 13.7. The predicted octanol–water partition coefficient (Wildman–Crippen LogP) is -0.121. The van der Waals surface area contributed by atoms with Crippen molar-refractivity contribution in [2.75, 3.05) is 0 Å². The van der Waals surface area contributed by atoms with Crippen LogP contribution in [0.25, 0.3) is 0 Å². The second-order valence-electron chi connectivity index (χ2n) is 2.64. The molecule has 12 heavy (non-hydrogen) atoms. The van der Waals surface area contributed by atoms with Gasteiger partial charge in [-0.1, -0.05) is 0 Å². The number of rotatable bonds is 1. The molecule has 4 nitrogen and oxygen atoms in total. The zero-order valence-electron chi connectivity index (χ0n) is 5.95. The van der Waals surface area contributed by atoms with Crippen LogP contribution in [0.1, 0.15) is 22.7 Å². The van der Waals surface area contributed by atoms with Crippen molar-refractivity contribution in [2.24, 2.45) is 0 Å². The number of hydrogen-bond acceptors (Lipinski definition) is 2. The van der Waals surface area contributed by atoms with Gasteiger partial charge in [-0.05, 0) is 6.42 Å². The fraction of sp³-hybridized carbons (Fsp3) is 0.429. The fourth-order valence-corrected chi connectivity index (χ4v) is 1.36. The first-order valence-corrected chi connectivity index (χ1v) is 3.57. The summed E-state index contributed by atoms with van der Waals surface area (Å²) in [5.74, 6) is -0.0331. The Morgan fingerprint density at radius 3 is 3.00 bits per heavy atom. The number of carbonyl (C=O) groups is 1. The van der Waals surface area contributed by atoms with E-state index in [1.54, 1.807) is 6.20 Å². The number of carboxylic acid groups (broad SMARTS) is 1. The van der Waals surface area contributed by atoms with Crippen molar-refractivity contribution in [1.29, 1.82) is 0 Å². The average molecular weight is 160 g/mol. The molecule has 1 N–H and O–H groups in total. The molecule has 0 fully saturated rings. The second-order valence-corrected chi connectivity index (χ2v) is 2.64. The Hall–Kier alpha value is -0.723. The first kappa shape index (κ1) is 9.37.